The van der Waals surface area contributed by atoms with Crippen LogP contribution in [0.2, 0.25) is 0 Å². The largest absolute Gasteiger partial charge is 0.321 e. The first-order valence-electron chi connectivity index (χ1n) is 8.06. The lowest BCUT2D eigenvalue weighted by molar-refractivity contribution is 0.103. The smallest absolute Gasteiger partial charge is 0.260 e. The molecule has 4 rings (SSSR count). The third-order valence-corrected chi connectivity index (χ3v) is 4.25. The number of carbonyl (C=O) groups is 1. The second-order valence-electron chi connectivity index (χ2n) is 5.81. The van der Waals surface area contributed by atoms with Gasteiger partial charge >= 0.3 is 0 Å². The molecule has 3 heteroatoms. The first kappa shape index (κ1) is 15.1. The van der Waals surface area contributed by atoms with Crippen LogP contribution in [0.25, 0.3) is 22.0 Å². The van der Waals surface area contributed by atoms with Crippen LogP contribution in [-0.2, 0) is 0 Å². The Bertz CT molecular complexity index is 1110. The van der Waals surface area contributed by atoms with Gasteiger partial charge in [0.15, 0.2) is 5.78 Å². The number of hydrogen-bond donors (Lipinski definition) is 1. The first-order valence-corrected chi connectivity index (χ1v) is 8.06. The molecule has 0 radical (unpaired) electrons. The molecule has 0 fully saturated rings. The molecule has 0 amide bonds. The lowest BCUT2D eigenvalue weighted by Gasteiger charge is -2.12. The number of para-hydroxylation sites is 1. The summed E-state index contributed by atoms with van der Waals surface area (Å²) in [6, 6.07) is 26.0. The van der Waals surface area contributed by atoms with Crippen LogP contribution in [0.1, 0.15) is 15.9 Å². The molecule has 0 aliphatic heterocycles. The van der Waals surface area contributed by atoms with Crippen molar-refractivity contribution in [2.75, 3.05) is 0 Å². The van der Waals surface area contributed by atoms with Crippen LogP contribution in [0.5, 0.6) is 0 Å². The van der Waals surface area contributed by atoms with Gasteiger partial charge in [-0.15, -0.1) is 0 Å². The zero-order valence-corrected chi connectivity index (χ0v) is 13.4. The van der Waals surface area contributed by atoms with E-state index in [1.54, 1.807) is 24.3 Å². The Labute approximate surface area is 144 Å². The van der Waals surface area contributed by atoms with Crippen LogP contribution in [0, 0.1) is 0 Å². The minimum Gasteiger partial charge on any atom is -0.321 e. The Balaban J connectivity index is 2.09. The Morgan fingerprint density at radius 1 is 0.720 bits per heavy atom. The van der Waals surface area contributed by atoms with Gasteiger partial charge in [-0.1, -0.05) is 78.9 Å². The van der Waals surface area contributed by atoms with E-state index < -0.39 is 0 Å². The molecule has 0 atom stereocenters. The summed E-state index contributed by atoms with van der Waals surface area (Å²) in [6.45, 7) is 0. The molecule has 4 aromatic rings. The molecule has 0 spiro atoms. The second-order valence-corrected chi connectivity index (χ2v) is 5.81. The van der Waals surface area contributed by atoms with Crippen LogP contribution in [0.3, 0.4) is 0 Å². The molecule has 0 aliphatic rings. The highest BCUT2D eigenvalue weighted by Crippen LogP contribution is 2.30. The van der Waals surface area contributed by atoms with Gasteiger partial charge in [0.2, 0.25) is 0 Å². The summed E-state index contributed by atoms with van der Waals surface area (Å²) in [5, 5.41) is 0.854. The predicted molar refractivity (Wildman–Crippen MR) is 99.9 cm³/mol. The number of H-pyrrole nitrogens is 1. The van der Waals surface area contributed by atoms with E-state index in [2.05, 4.69) is 4.98 Å². The fraction of sp³-hybridized carbons (Fsp3) is 0. The SMILES string of the molecule is O=C(c1ccccc1)c1c(-c2ccccc2)c2ccccc2[nH]c1=O. The Hall–Kier alpha value is -3.46. The lowest BCUT2D eigenvalue weighted by Crippen LogP contribution is -2.20. The van der Waals surface area contributed by atoms with E-state index in [4.69, 9.17) is 0 Å². The average molecular weight is 325 g/mol. The van der Waals surface area contributed by atoms with Gasteiger partial charge in [0.05, 0.1) is 5.56 Å². The molecular formula is C22H15NO2. The van der Waals surface area contributed by atoms with Crippen LogP contribution in [0.4, 0.5) is 0 Å². The lowest BCUT2D eigenvalue weighted by atomic mass is 9.92. The number of pyridine rings is 1. The maximum atomic E-state index is 13.1. The van der Waals surface area contributed by atoms with Gasteiger partial charge in [-0.2, -0.15) is 0 Å². The highest BCUT2D eigenvalue weighted by molar-refractivity contribution is 6.16. The second kappa shape index (κ2) is 6.21. The van der Waals surface area contributed by atoms with Gasteiger partial charge in [-0.25, -0.2) is 0 Å². The molecular weight excluding hydrogens is 310 g/mol. The molecule has 0 bridgehead atoms. The number of carbonyl (C=O) groups excluding carboxylic acids is 1. The van der Waals surface area contributed by atoms with Crippen molar-refractivity contribution in [3.63, 3.8) is 0 Å². The molecule has 3 aromatic carbocycles. The highest BCUT2D eigenvalue weighted by Gasteiger charge is 2.21. The number of rotatable bonds is 3. The minimum atomic E-state index is -0.369. The van der Waals surface area contributed by atoms with Gasteiger partial charge in [0.25, 0.3) is 5.56 Å². The fourth-order valence-electron chi connectivity index (χ4n) is 3.10. The molecule has 25 heavy (non-hydrogen) atoms. The molecule has 1 heterocycles. The standard InChI is InChI=1S/C22H15NO2/c24-21(16-11-5-2-6-12-16)20-19(15-9-3-1-4-10-15)17-13-7-8-14-18(17)23-22(20)25/h1-14H,(H,23,25). The predicted octanol–water partition coefficient (Wildman–Crippen LogP) is 4.43. The number of fused-ring (bicyclic) bond motifs is 1. The molecule has 0 saturated heterocycles. The van der Waals surface area contributed by atoms with Crippen molar-refractivity contribution in [1.29, 1.82) is 0 Å². The maximum absolute atomic E-state index is 13.1. The molecule has 1 N–H and O–H groups in total. The van der Waals surface area contributed by atoms with E-state index in [1.165, 1.54) is 0 Å². The van der Waals surface area contributed by atoms with Crippen molar-refractivity contribution in [3.8, 4) is 11.1 Å². The summed E-state index contributed by atoms with van der Waals surface area (Å²) in [6.07, 6.45) is 0. The summed E-state index contributed by atoms with van der Waals surface area (Å²) >= 11 is 0. The Morgan fingerprint density at radius 2 is 1.32 bits per heavy atom. The van der Waals surface area contributed by atoms with Crippen LogP contribution in [-0.4, -0.2) is 10.8 Å². The number of ketones is 1. The summed E-state index contributed by atoms with van der Waals surface area (Å²) in [5.74, 6) is -0.272. The number of benzene rings is 3. The monoisotopic (exact) mass is 325 g/mol. The van der Waals surface area contributed by atoms with Crippen molar-refractivity contribution in [3.05, 3.63) is 106 Å². The average Bonchev–Trinajstić information content (AvgIpc) is 2.68. The van der Waals surface area contributed by atoms with Crippen molar-refractivity contribution in [1.82, 2.24) is 4.98 Å². The van der Waals surface area contributed by atoms with E-state index in [-0.39, 0.29) is 16.9 Å². The summed E-state index contributed by atoms with van der Waals surface area (Å²) < 4.78 is 0. The first-order chi connectivity index (χ1) is 12.3. The minimum absolute atomic E-state index is 0.177. The zero-order chi connectivity index (χ0) is 17.2. The quantitative estimate of drug-likeness (QED) is 0.567. The van der Waals surface area contributed by atoms with E-state index in [1.807, 2.05) is 60.7 Å². The van der Waals surface area contributed by atoms with Crippen molar-refractivity contribution in [2.24, 2.45) is 0 Å². The Morgan fingerprint density at radius 3 is 2.04 bits per heavy atom. The normalized spacial score (nSPS) is 10.7. The third kappa shape index (κ3) is 2.66. The summed E-state index contributed by atoms with van der Waals surface area (Å²) in [7, 11) is 0. The molecule has 120 valence electrons. The number of hydrogen-bond acceptors (Lipinski definition) is 2. The van der Waals surface area contributed by atoms with Crippen LogP contribution in [0.15, 0.2) is 89.7 Å². The highest BCUT2D eigenvalue weighted by atomic mass is 16.1. The van der Waals surface area contributed by atoms with Crippen LogP contribution < -0.4 is 5.56 Å². The van der Waals surface area contributed by atoms with E-state index in [9.17, 15) is 9.59 Å². The number of aromatic nitrogens is 1. The zero-order valence-electron chi connectivity index (χ0n) is 13.4. The number of aromatic amines is 1. The molecule has 0 aliphatic carbocycles. The third-order valence-electron chi connectivity index (χ3n) is 4.25. The topological polar surface area (TPSA) is 49.9 Å². The Kier molecular flexibility index (Phi) is 3.75. The summed E-state index contributed by atoms with van der Waals surface area (Å²) in [5.41, 5.74) is 2.55. The molecule has 0 unspecified atom stereocenters. The van der Waals surface area contributed by atoms with Gasteiger partial charge in [-0.05, 0) is 11.6 Å². The van der Waals surface area contributed by atoms with E-state index in [0.717, 1.165) is 16.5 Å². The van der Waals surface area contributed by atoms with Crippen molar-refractivity contribution in [2.45, 2.75) is 0 Å². The van der Waals surface area contributed by atoms with Gasteiger partial charge < -0.3 is 4.98 Å². The number of nitrogens with one attached hydrogen (secondary N) is 1. The molecule has 0 saturated carbocycles. The van der Waals surface area contributed by atoms with Crippen molar-refractivity contribution >= 4 is 16.7 Å². The summed E-state index contributed by atoms with van der Waals surface area (Å²) in [4.78, 5) is 28.7. The van der Waals surface area contributed by atoms with Crippen LogP contribution >= 0.6 is 0 Å². The fourth-order valence-corrected chi connectivity index (χ4v) is 3.10. The molecule has 1 aromatic heterocycles. The van der Waals surface area contributed by atoms with Gasteiger partial charge in [0, 0.05) is 22.0 Å². The molecule has 3 nitrogen and oxygen atoms in total. The van der Waals surface area contributed by atoms with E-state index in [0.29, 0.717) is 11.1 Å². The maximum Gasteiger partial charge on any atom is 0.260 e. The van der Waals surface area contributed by atoms with Gasteiger partial charge in [-0.3, -0.25) is 9.59 Å². The van der Waals surface area contributed by atoms with Gasteiger partial charge in [0.1, 0.15) is 0 Å². The van der Waals surface area contributed by atoms with E-state index >= 15 is 0 Å². The van der Waals surface area contributed by atoms with Crippen molar-refractivity contribution < 1.29 is 4.79 Å².